The molecule has 1 rings (SSSR count). The minimum absolute atomic E-state index is 0. The molecule has 1 aromatic rings. The first-order valence-electron chi connectivity index (χ1n) is 1.05. The summed E-state index contributed by atoms with van der Waals surface area (Å²) in [6.45, 7) is 0. The average molecular weight is 95.0 g/mol. The van der Waals surface area contributed by atoms with Gasteiger partial charge in [-0.05, 0) is 20.9 Å². The smallest absolute Gasteiger partial charge is 1.00 e. The van der Waals surface area contributed by atoms with E-state index in [1.54, 1.807) is 0 Å². The number of hydrogen-bond acceptors (Lipinski definition) is 4. The minimum atomic E-state index is 0. The number of hydrogen-bond donors (Lipinski definition) is 1. The maximum absolute atomic E-state index is 3.12. The number of aromatic amines is 1. The molecule has 0 aliphatic heterocycles. The first kappa shape index (κ1) is 6.00. The summed E-state index contributed by atoms with van der Waals surface area (Å²) in [6.07, 6.45) is 0. The number of rotatable bonds is 0. The van der Waals surface area contributed by atoms with Crippen LogP contribution in [-0.2, 0) is 0 Å². The second-order valence-corrected chi connectivity index (χ2v) is 0.479. The van der Waals surface area contributed by atoms with E-state index in [0.29, 0.717) is 0 Å². The Morgan fingerprint density at radius 1 is 1.17 bits per heavy atom. The van der Waals surface area contributed by atoms with Crippen molar-refractivity contribution in [3.05, 3.63) is 0 Å². The zero-order valence-corrected chi connectivity index (χ0v) is 5.29. The Balaban J connectivity index is 0. The summed E-state index contributed by atoms with van der Waals surface area (Å²) in [4.78, 5) is 0. The topological polar surface area (TPSA) is 67.3 Å². The van der Waals surface area contributed by atoms with Crippen molar-refractivity contribution >= 4 is 0 Å². The van der Waals surface area contributed by atoms with Gasteiger partial charge in [-0.25, -0.2) is 0 Å². The second kappa shape index (κ2) is 3.20. The van der Waals surface area contributed by atoms with Crippen LogP contribution in [0.3, 0.4) is 0 Å². The molecule has 0 aliphatic carbocycles. The van der Waals surface area contributed by atoms with Gasteiger partial charge in [0.1, 0.15) is 0 Å². The van der Waals surface area contributed by atoms with Gasteiger partial charge in [0, 0.05) is 0 Å². The van der Waals surface area contributed by atoms with Crippen molar-refractivity contribution in [3.8, 4) is 0 Å². The van der Waals surface area contributed by atoms with E-state index >= 15 is 0 Å². The Morgan fingerprint density at radius 2 is 1.67 bits per heavy atom. The zero-order valence-electron chi connectivity index (χ0n) is 4.29. The molecule has 1 heterocycles. The molecule has 0 aromatic carbocycles. The molecule has 0 atom stereocenters. The molecule has 6 heteroatoms. The average Bonchev–Trinajstić information content (AvgIpc) is 1.76. The van der Waals surface area contributed by atoms with Crippen LogP contribution < -0.4 is 29.6 Å². The van der Waals surface area contributed by atoms with Crippen LogP contribution in [0.1, 0.15) is 1.43 Å². The predicted octanol–water partition coefficient (Wildman–Crippen LogP) is -4.29. The fourth-order valence-corrected chi connectivity index (χ4v) is 0.100. The molecule has 1 aromatic heterocycles. The maximum Gasteiger partial charge on any atom is 1.00 e. The van der Waals surface area contributed by atoms with E-state index in [2.05, 4.69) is 26.1 Å². The monoisotopic (exact) mass is 95.0 g/mol. The Morgan fingerprint density at radius 3 is 1.83 bits per heavy atom. The van der Waals surface area contributed by atoms with Crippen LogP contribution in [0.5, 0.6) is 0 Å². The van der Waals surface area contributed by atoms with Crippen LogP contribution in [0.4, 0.5) is 0 Å². The third-order valence-electron chi connectivity index (χ3n) is 0.219. The van der Waals surface area contributed by atoms with Gasteiger partial charge in [-0.2, -0.15) is 5.21 Å². The Kier molecular flexibility index (Phi) is 3.20. The van der Waals surface area contributed by atoms with Crippen molar-refractivity contribution in [3.63, 3.8) is 0 Å². The van der Waals surface area contributed by atoms with Gasteiger partial charge in [0.2, 0.25) is 0 Å². The maximum atomic E-state index is 3.12. The summed E-state index contributed by atoms with van der Waals surface area (Å²) in [7, 11) is 0. The van der Waals surface area contributed by atoms with Gasteiger partial charge >= 0.3 is 29.6 Å². The van der Waals surface area contributed by atoms with Gasteiger partial charge < -0.3 is 1.43 Å². The zero-order chi connectivity index (χ0) is 3.54. The molecule has 0 fully saturated rings. The van der Waals surface area contributed by atoms with Gasteiger partial charge in [-0.3, -0.25) is 0 Å². The largest absolute Gasteiger partial charge is 1.00 e. The molecule has 0 spiro atoms. The molecule has 0 saturated carbocycles. The quantitative estimate of drug-likeness (QED) is 0.331. The van der Waals surface area contributed by atoms with E-state index < -0.39 is 0 Å². The van der Waals surface area contributed by atoms with Gasteiger partial charge in [0.05, 0.1) is 0 Å². The molecule has 0 bridgehead atoms. The summed E-state index contributed by atoms with van der Waals surface area (Å²) >= 11 is 0. The van der Waals surface area contributed by atoms with Crippen molar-refractivity contribution < 1.29 is 31.0 Å². The van der Waals surface area contributed by atoms with Gasteiger partial charge in [0.15, 0.2) is 0 Å². The SMILES string of the molecule is [H-].[Na+].n1nn[nH]n1. The molecule has 0 unspecified atom stereocenters. The van der Waals surface area contributed by atoms with Crippen molar-refractivity contribution in [2.24, 2.45) is 0 Å². The van der Waals surface area contributed by atoms with Crippen LogP contribution in [0.25, 0.3) is 0 Å². The second-order valence-electron chi connectivity index (χ2n) is 0.479. The van der Waals surface area contributed by atoms with E-state index in [1.165, 1.54) is 0 Å². The summed E-state index contributed by atoms with van der Waals surface area (Å²) < 4.78 is 0. The molecule has 6 heavy (non-hydrogen) atoms. The van der Waals surface area contributed by atoms with Crippen LogP contribution >= 0.6 is 0 Å². The molecular weight excluding hydrogens is 93.0 g/mol. The first-order chi connectivity index (χ1) is 2.50. The molecular formula is H2N5Na. The molecule has 0 amide bonds. The van der Waals surface area contributed by atoms with Crippen molar-refractivity contribution in [2.45, 2.75) is 0 Å². The first-order valence-corrected chi connectivity index (χ1v) is 1.05. The molecule has 28 valence electrons. The van der Waals surface area contributed by atoms with E-state index in [1.807, 2.05) is 0 Å². The van der Waals surface area contributed by atoms with Crippen molar-refractivity contribution in [2.75, 3.05) is 0 Å². The fourth-order valence-electron chi connectivity index (χ4n) is 0.100. The number of H-pyrrole nitrogens is 1. The normalized spacial score (nSPS) is 6.67. The van der Waals surface area contributed by atoms with Crippen molar-refractivity contribution in [1.29, 1.82) is 0 Å². The molecule has 0 radical (unpaired) electrons. The van der Waals surface area contributed by atoms with Gasteiger partial charge in [-0.15, -0.1) is 0 Å². The summed E-state index contributed by atoms with van der Waals surface area (Å²) in [6, 6.07) is 0. The van der Waals surface area contributed by atoms with E-state index in [0.717, 1.165) is 0 Å². The minimum Gasteiger partial charge on any atom is -1.00 e. The Hall–Kier alpha value is 0.0000000000000000555. The molecule has 0 aliphatic rings. The van der Waals surface area contributed by atoms with Gasteiger partial charge in [-0.1, -0.05) is 0 Å². The number of nitrogens with zero attached hydrogens (tertiary/aromatic N) is 4. The van der Waals surface area contributed by atoms with Crippen LogP contribution in [0, 0.1) is 0 Å². The molecule has 1 N–H and O–H groups in total. The van der Waals surface area contributed by atoms with Crippen LogP contribution in [-0.4, -0.2) is 26.1 Å². The Labute approximate surface area is 57.3 Å². The summed E-state index contributed by atoms with van der Waals surface area (Å²) in [5, 5.41) is 14.5. The standard InChI is InChI=1S/HN5.Na.H/c1-2-4-5-3-1;;/h(H,1,2,3,4,5);;/q;+1;-1. The van der Waals surface area contributed by atoms with Crippen LogP contribution in [0.2, 0.25) is 0 Å². The van der Waals surface area contributed by atoms with E-state index in [4.69, 9.17) is 0 Å². The molecule has 5 nitrogen and oxygen atoms in total. The number of aromatic nitrogens is 5. The van der Waals surface area contributed by atoms with Crippen molar-refractivity contribution in [1.82, 2.24) is 26.1 Å². The summed E-state index contributed by atoms with van der Waals surface area (Å²) in [5.74, 6) is 0. The Bertz CT molecular complexity index is 64.6. The van der Waals surface area contributed by atoms with E-state index in [9.17, 15) is 0 Å². The molecule has 0 saturated heterocycles. The predicted molar refractivity (Wildman–Crippen MR) is 13.1 cm³/mol. The van der Waals surface area contributed by atoms with E-state index in [-0.39, 0.29) is 31.0 Å². The fraction of sp³-hybridized carbons (Fsp3) is 0. The summed E-state index contributed by atoms with van der Waals surface area (Å²) in [5.41, 5.74) is 0. The third kappa shape index (κ3) is 1.44. The van der Waals surface area contributed by atoms with Gasteiger partial charge in [0.25, 0.3) is 0 Å². The third-order valence-corrected chi connectivity index (χ3v) is 0.219. The van der Waals surface area contributed by atoms with Crippen LogP contribution in [0.15, 0.2) is 0 Å². The number of nitrogens with one attached hydrogen (secondary N) is 1.